The number of hydrogen-bond acceptors (Lipinski definition) is 4. The van der Waals surface area contributed by atoms with Crippen molar-refractivity contribution in [3.8, 4) is 0 Å². The second-order valence-corrected chi connectivity index (χ2v) is 6.55. The van der Waals surface area contributed by atoms with E-state index in [4.69, 9.17) is 0 Å². The molecule has 0 aliphatic heterocycles. The second-order valence-electron chi connectivity index (χ2n) is 6.55. The van der Waals surface area contributed by atoms with E-state index in [1.165, 1.54) is 32.3 Å². The van der Waals surface area contributed by atoms with Crippen LogP contribution in [0.4, 0.5) is 0 Å². The molecule has 120 valence electrons. The number of benzene rings is 5. The number of nitrogens with zero attached hydrogens (tertiary/aromatic N) is 4. The average Bonchev–Trinajstić information content (AvgIpc) is 2.72. The normalized spacial score (nSPS) is 11.8. The van der Waals surface area contributed by atoms with Crippen molar-refractivity contribution in [2.45, 2.75) is 0 Å². The standard InChI is InChI=1S/C22H12N4/c1-2-4-16-13(3-1)5-6-14-11-15-7-8-18-17(20(15)12-19(14)16)9-10-21-22(18)24-26-25-23-21/h1-12H. The molecule has 4 heteroatoms. The molecular weight excluding hydrogens is 320 g/mol. The highest BCUT2D eigenvalue weighted by Crippen LogP contribution is 2.34. The van der Waals surface area contributed by atoms with Crippen molar-refractivity contribution in [3.05, 3.63) is 72.8 Å². The Labute approximate surface area is 148 Å². The lowest BCUT2D eigenvalue weighted by atomic mass is 9.95. The Bertz CT molecular complexity index is 1490. The van der Waals surface area contributed by atoms with Crippen molar-refractivity contribution in [2.24, 2.45) is 0 Å². The van der Waals surface area contributed by atoms with Gasteiger partial charge in [0.15, 0.2) is 0 Å². The molecule has 5 aromatic carbocycles. The molecule has 1 aromatic heterocycles. The molecule has 0 aliphatic rings. The van der Waals surface area contributed by atoms with Crippen molar-refractivity contribution in [1.29, 1.82) is 0 Å². The minimum atomic E-state index is 0.762. The van der Waals surface area contributed by atoms with E-state index in [0.717, 1.165) is 21.8 Å². The van der Waals surface area contributed by atoms with Gasteiger partial charge in [-0.1, -0.05) is 54.6 Å². The van der Waals surface area contributed by atoms with E-state index in [1.54, 1.807) is 0 Å². The molecule has 26 heavy (non-hydrogen) atoms. The summed E-state index contributed by atoms with van der Waals surface area (Å²) in [4.78, 5) is 0. The third kappa shape index (κ3) is 1.78. The lowest BCUT2D eigenvalue weighted by Crippen LogP contribution is -1.93. The maximum atomic E-state index is 4.20. The summed E-state index contributed by atoms with van der Waals surface area (Å²) in [5.74, 6) is 0. The Balaban J connectivity index is 1.84. The topological polar surface area (TPSA) is 51.6 Å². The molecule has 0 unspecified atom stereocenters. The van der Waals surface area contributed by atoms with Crippen molar-refractivity contribution in [1.82, 2.24) is 20.6 Å². The van der Waals surface area contributed by atoms with Crippen LogP contribution in [0.3, 0.4) is 0 Å². The molecule has 0 saturated heterocycles. The van der Waals surface area contributed by atoms with Crippen LogP contribution in [0.2, 0.25) is 0 Å². The van der Waals surface area contributed by atoms with Crippen LogP contribution in [0.15, 0.2) is 72.8 Å². The average molecular weight is 332 g/mol. The minimum absolute atomic E-state index is 0.762. The van der Waals surface area contributed by atoms with Crippen LogP contribution in [-0.2, 0) is 0 Å². The van der Waals surface area contributed by atoms with E-state index in [-0.39, 0.29) is 0 Å². The van der Waals surface area contributed by atoms with Crippen LogP contribution >= 0.6 is 0 Å². The predicted molar refractivity (Wildman–Crippen MR) is 105 cm³/mol. The van der Waals surface area contributed by atoms with Gasteiger partial charge in [0.2, 0.25) is 0 Å². The van der Waals surface area contributed by atoms with E-state index in [1.807, 2.05) is 6.07 Å². The summed E-state index contributed by atoms with van der Waals surface area (Å²) in [6.07, 6.45) is 0. The fourth-order valence-corrected chi connectivity index (χ4v) is 3.94. The van der Waals surface area contributed by atoms with Crippen LogP contribution in [0.5, 0.6) is 0 Å². The van der Waals surface area contributed by atoms with E-state index in [0.29, 0.717) is 0 Å². The van der Waals surface area contributed by atoms with Gasteiger partial charge in [-0.15, -0.1) is 10.2 Å². The van der Waals surface area contributed by atoms with Gasteiger partial charge in [-0.2, -0.15) is 0 Å². The number of hydrogen-bond donors (Lipinski definition) is 0. The lowest BCUT2D eigenvalue weighted by Gasteiger charge is -2.09. The molecule has 0 spiro atoms. The smallest absolute Gasteiger partial charge is 0.123 e. The van der Waals surface area contributed by atoms with Gasteiger partial charge in [-0.3, -0.25) is 0 Å². The van der Waals surface area contributed by atoms with E-state index in [2.05, 4.69) is 87.4 Å². The van der Waals surface area contributed by atoms with Crippen LogP contribution < -0.4 is 0 Å². The summed E-state index contributed by atoms with van der Waals surface area (Å²) in [6, 6.07) is 25.8. The molecule has 0 radical (unpaired) electrons. The highest BCUT2D eigenvalue weighted by atomic mass is 15.4. The summed E-state index contributed by atoms with van der Waals surface area (Å²) in [5, 5.41) is 25.3. The Morgan fingerprint density at radius 3 is 2.15 bits per heavy atom. The fraction of sp³-hybridized carbons (Fsp3) is 0. The van der Waals surface area contributed by atoms with Crippen molar-refractivity contribution in [3.63, 3.8) is 0 Å². The van der Waals surface area contributed by atoms with Gasteiger partial charge in [-0.25, -0.2) is 0 Å². The first kappa shape index (κ1) is 13.6. The summed E-state index contributed by atoms with van der Waals surface area (Å²) in [5.41, 5.74) is 1.55. The quantitative estimate of drug-likeness (QED) is 0.289. The first-order valence-corrected chi connectivity index (χ1v) is 8.51. The molecule has 0 atom stereocenters. The highest BCUT2D eigenvalue weighted by Gasteiger charge is 2.09. The fourth-order valence-electron chi connectivity index (χ4n) is 3.94. The van der Waals surface area contributed by atoms with E-state index >= 15 is 0 Å². The molecule has 6 rings (SSSR count). The van der Waals surface area contributed by atoms with Gasteiger partial charge in [0.1, 0.15) is 11.0 Å². The molecule has 6 aromatic rings. The SMILES string of the molecule is c1ccc2c(c1)ccc1cc3ccc4c(ccc5nnnnc54)c3cc12. The van der Waals surface area contributed by atoms with Crippen LogP contribution in [-0.4, -0.2) is 20.6 Å². The van der Waals surface area contributed by atoms with Gasteiger partial charge in [0.25, 0.3) is 0 Å². The molecule has 1 heterocycles. The zero-order valence-electron chi connectivity index (χ0n) is 13.7. The van der Waals surface area contributed by atoms with Crippen molar-refractivity contribution >= 4 is 54.1 Å². The molecule has 0 N–H and O–H groups in total. The second kappa shape index (κ2) is 4.92. The monoisotopic (exact) mass is 332 g/mol. The zero-order valence-corrected chi connectivity index (χ0v) is 13.7. The molecule has 0 fully saturated rings. The highest BCUT2D eigenvalue weighted by molar-refractivity contribution is 6.20. The Hall–Kier alpha value is -3.66. The molecular formula is C22H12N4. The third-order valence-corrected chi connectivity index (χ3v) is 5.17. The molecule has 0 amide bonds. The Kier molecular flexibility index (Phi) is 2.58. The molecule has 4 nitrogen and oxygen atoms in total. The van der Waals surface area contributed by atoms with Gasteiger partial charge >= 0.3 is 0 Å². The van der Waals surface area contributed by atoms with Gasteiger partial charge in [0.05, 0.1) is 0 Å². The summed E-state index contributed by atoms with van der Waals surface area (Å²) < 4.78 is 0. The summed E-state index contributed by atoms with van der Waals surface area (Å²) in [7, 11) is 0. The summed E-state index contributed by atoms with van der Waals surface area (Å²) >= 11 is 0. The third-order valence-electron chi connectivity index (χ3n) is 5.17. The molecule has 0 bridgehead atoms. The maximum absolute atomic E-state index is 4.20. The van der Waals surface area contributed by atoms with Crippen molar-refractivity contribution in [2.75, 3.05) is 0 Å². The summed E-state index contributed by atoms with van der Waals surface area (Å²) in [6.45, 7) is 0. The van der Waals surface area contributed by atoms with Crippen LogP contribution in [0.25, 0.3) is 54.1 Å². The Morgan fingerprint density at radius 2 is 1.19 bits per heavy atom. The molecule has 0 aliphatic carbocycles. The van der Waals surface area contributed by atoms with Gasteiger partial charge in [-0.05, 0) is 66.3 Å². The van der Waals surface area contributed by atoms with E-state index in [9.17, 15) is 0 Å². The van der Waals surface area contributed by atoms with Gasteiger partial charge < -0.3 is 0 Å². The predicted octanol–water partition coefficient (Wildman–Crippen LogP) is 5.03. The minimum Gasteiger partial charge on any atom is -0.127 e. The van der Waals surface area contributed by atoms with E-state index < -0.39 is 0 Å². The number of aromatic nitrogens is 4. The van der Waals surface area contributed by atoms with Crippen LogP contribution in [0.1, 0.15) is 0 Å². The van der Waals surface area contributed by atoms with Crippen LogP contribution in [0, 0.1) is 0 Å². The maximum Gasteiger partial charge on any atom is 0.123 e. The number of fused-ring (bicyclic) bond motifs is 8. The first-order valence-electron chi connectivity index (χ1n) is 8.51. The van der Waals surface area contributed by atoms with Gasteiger partial charge in [0, 0.05) is 5.39 Å². The first-order chi connectivity index (χ1) is 12.9. The number of rotatable bonds is 0. The Morgan fingerprint density at radius 1 is 0.462 bits per heavy atom. The van der Waals surface area contributed by atoms with Crippen molar-refractivity contribution < 1.29 is 0 Å². The zero-order chi connectivity index (χ0) is 17.1. The molecule has 0 saturated carbocycles. The lowest BCUT2D eigenvalue weighted by molar-refractivity contribution is 0.799. The largest absolute Gasteiger partial charge is 0.127 e.